The predicted octanol–water partition coefficient (Wildman–Crippen LogP) is -0.640. The highest BCUT2D eigenvalue weighted by Gasteiger charge is 2.42. The largest absolute Gasteiger partial charge is 0.508 e. The Labute approximate surface area is 229 Å². The minimum Gasteiger partial charge on any atom is -0.508 e. The van der Waals surface area contributed by atoms with Gasteiger partial charge in [0.05, 0.1) is 11.3 Å². The first-order valence-electron chi connectivity index (χ1n) is 11.9. The molecular weight excluding hydrogens is 576 g/mol. The van der Waals surface area contributed by atoms with Crippen molar-refractivity contribution in [2.45, 2.75) is 43.7 Å². The van der Waals surface area contributed by atoms with Crippen molar-refractivity contribution in [1.29, 1.82) is 0 Å². The summed E-state index contributed by atoms with van der Waals surface area (Å²) in [6.45, 7) is 1.60. The van der Waals surface area contributed by atoms with Gasteiger partial charge in [0, 0.05) is 15.7 Å². The maximum atomic E-state index is 13.7. The molecule has 2 aliphatic rings. The summed E-state index contributed by atoms with van der Waals surface area (Å²) in [6.07, 6.45) is -7.12. The molecule has 2 aromatic carbocycles. The molecule has 5 rings (SSSR count). The fourth-order valence-electron chi connectivity index (χ4n) is 4.68. The Balaban J connectivity index is 1.66. The quantitative estimate of drug-likeness (QED) is 0.206. The second kappa shape index (κ2) is 10.5. The van der Waals surface area contributed by atoms with E-state index in [0.29, 0.717) is 10.2 Å². The summed E-state index contributed by atoms with van der Waals surface area (Å²) >= 11 is 3.38. The molecule has 1 fully saturated rings. The van der Waals surface area contributed by atoms with Crippen molar-refractivity contribution in [3.63, 3.8) is 0 Å². The van der Waals surface area contributed by atoms with Crippen molar-refractivity contribution in [2.24, 2.45) is 4.99 Å². The molecule has 3 aromatic rings. The van der Waals surface area contributed by atoms with Gasteiger partial charge < -0.3 is 40.6 Å². The normalized spacial score (nSPS) is 27.2. The summed E-state index contributed by atoms with van der Waals surface area (Å²) in [7, 11) is 0. The van der Waals surface area contributed by atoms with E-state index in [1.165, 1.54) is 10.6 Å². The molecule has 3 heterocycles. The summed E-state index contributed by atoms with van der Waals surface area (Å²) in [5.41, 5.74) is 0.522. The minimum atomic E-state index is -1.80. The number of para-hydroxylation sites is 1. The number of ether oxygens (including phenoxy) is 1. The number of carbonyl (C=O) groups is 1. The second-order valence-corrected chi connectivity index (χ2v) is 10.1. The number of aromatic nitrogens is 2. The Bertz CT molecular complexity index is 1630. The van der Waals surface area contributed by atoms with E-state index in [-0.39, 0.29) is 33.6 Å². The van der Waals surface area contributed by atoms with E-state index in [1.807, 2.05) is 0 Å². The van der Waals surface area contributed by atoms with Gasteiger partial charge in [-0.15, -0.1) is 0 Å². The number of aliphatic hydroxyl groups excluding tert-OH is 4. The van der Waals surface area contributed by atoms with Gasteiger partial charge in [0.15, 0.2) is 6.29 Å². The zero-order valence-electron chi connectivity index (χ0n) is 20.4. The Kier molecular flexibility index (Phi) is 7.29. The van der Waals surface area contributed by atoms with E-state index >= 15 is 0 Å². The maximum Gasteiger partial charge on any atom is 0.277 e. The number of aromatic amines is 1. The number of anilines is 1. The highest BCUT2D eigenvalue weighted by atomic mass is 79.9. The average molecular weight is 601 g/mol. The fourth-order valence-corrected chi connectivity index (χ4v) is 5.06. The Morgan fingerprint density at radius 3 is 2.54 bits per heavy atom. The molecule has 1 amide bonds. The monoisotopic (exact) mass is 600 g/mol. The number of nitrogens with one attached hydrogen (secondary N) is 2. The summed E-state index contributed by atoms with van der Waals surface area (Å²) in [4.78, 5) is 34.5. The van der Waals surface area contributed by atoms with E-state index in [4.69, 9.17) is 4.74 Å². The van der Waals surface area contributed by atoms with Gasteiger partial charge in [-0.3, -0.25) is 14.2 Å². The van der Waals surface area contributed by atoms with Crippen LogP contribution in [0, 0.1) is 0 Å². The van der Waals surface area contributed by atoms with Gasteiger partial charge in [-0.25, -0.2) is 4.99 Å². The van der Waals surface area contributed by atoms with Crippen molar-refractivity contribution >= 4 is 33.6 Å². The molecule has 12 nitrogen and oxygen atoms in total. The third-order valence-corrected chi connectivity index (χ3v) is 7.13. The molecule has 13 heteroatoms. The molecule has 204 valence electrons. The summed E-state index contributed by atoms with van der Waals surface area (Å²) in [5.74, 6) is -0.707. The van der Waals surface area contributed by atoms with Crippen molar-refractivity contribution < 1.29 is 35.1 Å². The number of aliphatic hydroxyl groups is 4. The standard InChI is InChI=1S/C26H25BrN4O8/c1-11-18(23(36)29-13-5-3-2-4-6-13)19(14-9-12(27)7-8-16(14)32)31-24(37)15(30-26(31)28-11)10-17-20(33)21(34)22(35)25(38)39-17/h2-10,17,19-22,25,32-35,38H,1H3,(H,28,30)(H,29,36)/b15-10-. The number of halogens is 1. The van der Waals surface area contributed by atoms with Crippen LogP contribution in [-0.4, -0.2) is 71.7 Å². The van der Waals surface area contributed by atoms with E-state index in [1.54, 1.807) is 49.4 Å². The zero-order chi connectivity index (χ0) is 28.0. The van der Waals surface area contributed by atoms with Gasteiger partial charge in [0.25, 0.3) is 11.5 Å². The molecule has 6 atom stereocenters. The van der Waals surface area contributed by atoms with Crippen LogP contribution in [0.3, 0.4) is 0 Å². The van der Waals surface area contributed by atoms with Crippen molar-refractivity contribution in [3.05, 3.63) is 91.2 Å². The van der Waals surface area contributed by atoms with Crippen LogP contribution in [0.1, 0.15) is 18.5 Å². The number of H-pyrrole nitrogens is 1. The van der Waals surface area contributed by atoms with E-state index < -0.39 is 48.2 Å². The number of nitrogens with zero attached hydrogens (tertiary/aromatic N) is 2. The lowest BCUT2D eigenvalue weighted by atomic mass is 9.94. The molecule has 2 aliphatic heterocycles. The van der Waals surface area contributed by atoms with E-state index in [0.717, 1.165) is 6.08 Å². The number of phenols is 1. The van der Waals surface area contributed by atoms with Crippen LogP contribution in [0.2, 0.25) is 0 Å². The first kappa shape index (κ1) is 27.0. The number of aromatic hydroxyl groups is 1. The predicted molar refractivity (Wildman–Crippen MR) is 141 cm³/mol. The highest BCUT2D eigenvalue weighted by molar-refractivity contribution is 9.10. The average Bonchev–Trinajstić information content (AvgIpc) is 3.21. The lowest BCUT2D eigenvalue weighted by molar-refractivity contribution is -0.267. The number of benzene rings is 2. The second-order valence-electron chi connectivity index (χ2n) is 9.20. The molecule has 0 bridgehead atoms. The Morgan fingerprint density at radius 1 is 1.10 bits per heavy atom. The number of rotatable bonds is 4. The lowest BCUT2D eigenvalue weighted by Crippen LogP contribution is -2.57. The van der Waals surface area contributed by atoms with Gasteiger partial charge in [0.1, 0.15) is 41.6 Å². The lowest BCUT2D eigenvalue weighted by Gasteiger charge is -2.36. The number of imidazole rings is 1. The van der Waals surface area contributed by atoms with Crippen LogP contribution in [0.25, 0.3) is 6.08 Å². The summed E-state index contributed by atoms with van der Waals surface area (Å²) in [5, 5.41) is 53.5. The first-order chi connectivity index (χ1) is 18.6. The van der Waals surface area contributed by atoms with Crippen LogP contribution in [-0.2, 0) is 9.53 Å². The highest BCUT2D eigenvalue weighted by Crippen LogP contribution is 2.36. The number of hydrogen-bond donors (Lipinski definition) is 7. The molecular formula is C26H25BrN4O8. The van der Waals surface area contributed by atoms with E-state index in [9.17, 15) is 35.1 Å². The number of carbonyl (C=O) groups excluding carboxylic acids is 1. The molecule has 39 heavy (non-hydrogen) atoms. The molecule has 7 N–H and O–H groups in total. The fraction of sp³-hybridized carbons (Fsp3) is 0.269. The van der Waals surface area contributed by atoms with Gasteiger partial charge in [-0.05, 0) is 43.3 Å². The van der Waals surface area contributed by atoms with Crippen LogP contribution >= 0.6 is 15.9 Å². The first-order valence-corrected chi connectivity index (χ1v) is 12.7. The number of allylic oxidation sites excluding steroid dienone is 1. The molecule has 0 aliphatic carbocycles. The molecule has 6 unspecified atom stereocenters. The third-order valence-electron chi connectivity index (χ3n) is 6.64. The molecule has 1 saturated heterocycles. The van der Waals surface area contributed by atoms with Gasteiger partial charge in [-0.1, -0.05) is 34.1 Å². The van der Waals surface area contributed by atoms with Crippen molar-refractivity contribution in [3.8, 4) is 5.75 Å². The minimum absolute atomic E-state index is 0.0517. The molecule has 1 aromatic heterocycles. The smallest absolute Gasteiger partial charge is 0.277 e. The van der Waals surface area contributed by atoms with Crippen LogP contribution in [0.5, 0.6) is 5.75 Å². The van der Waals surface area contributed by atoms with E-state index in [2.05, 4.69) is 31.2 Å². The Hall–Kier alpha value is -3.59. The van der Waals surface area contributed by atoms with Gasteiger partial charge in [-0.2, -0.15) is 0 Å². The third kappa shape index (κ3) is 4.95. The molecule has 0 radical (unpaired) electrons. The number of phenolic OH excluding ortho intramolecular Hbond substituents is 1. The SMILES string of the molecule is CC1=C(C(=O)Nc2ccccc2)C(c2cc(Br)ccc2O)n2c([nH]/c(=C\C3OC(O)C(O)C(O)C3O)c2=O)=N1. The van der Waals surface area contributed by atoms with Crippen LogP contribution < -0.4 is 21.8 Å². The van der Waals surface area contributed by atoms with Crippen molar-refractivity contribution in [2.75, 3.05) is 5.32 Å². The molecule has 0 spiro atoms. The summed E-state index contributed by atoms with van der Waals surface area (Å²) in [6, 6.07) is 12.2. The Morgan fingerprint density at radius 2 is 1.82 bits per heavy atom. The van der Waals surface area contributed by atoms with Crippen LogP contribution in [0.4, 0.5) is 5.69 Å². The molecule has 0 saturated carbocycles. The van der Waals surface area contributed by atoms with Gasteiger partial charge >= 0.3 is 0 Å². The van der Waals surface area contributed by atoms with Gasteiger partial charge in [0.2, 0.25) is 5.62 Å². The number of hydrogen-bond acceptors (Lipinski definition) is 9. The number of amides is 1. The van der Waals surface area contributed by atoms with Crippen LogP contribution in [0.15, 0.2) is 74.1 Å². The van der Waals surface area contributed by atoms with Crippen molar-refractivity contribution in [1.82, 2.24) is 9.55 Å². The zero-order valence-corrected chi connectivity index (χ0v) is 22.0. The maximum absolute atomic E-state index is 13.7. The number of fused-ring (bicyclic) bond motifs is 1. The topological polar surface area (TPSA) is 190 Å². The summed E-state index contributed by atoms with van der Waals surface area (Å²) < 4.78 is 6.97.